The molecule has 0 fully saturated rings. The fraction of sp³-hybridized carbons (Fsp3) is 0.235. The number of nitriles is 1. The van der Waals surface area contributed by atoms with Crippen molar-refractivity contribution in [3.05, 3.63) is 52.7 Å². The lowest BCUT2D eigenvalue weighted by atomic mass is 9.83. The maximum Gasteiger partial charge on any atom is 0.249 e. The zero-order chi connectivity index (χ0) is 17.0. The first-order valence-electron chi connectivity index (χ1n) is 6.90. The second-order valence-corrected chi connectivity index (χ2v) is 5.68. The number of amides is 1. The molecule has 5 nitrogen and oxygen atoms in total. The SMILES string of the molecule is COc1cc(C)c(NC(=O)[C@](C)(C#N)c2ccc(Cl)cc2)cn1. The molecule has 1 N–H and O–H groups in total. The van der Waals surface area contributed by atoms with E-state index in [1.54, 1.807) is 37.3 Å². The Labute approximate surface area is 139 Å². The molecule has 1 atom stereocenters. The first-order valence-corrected chi connectivity index (χ1v) is 7.28. The first-order chi connectivity index (χ1) is 10.9. The molecule has 0 aliphatic heterocycles. The molecule has 0 radical (unpaired) electrons. The summed E-state index contributed by atoms with van der Waals surface area (Å²) in [5.41, 5.74) is 0.561. The summed E-state index contributed by atoms with van der Waals surface area (Å²) < 4.78 is 5.04. The summed E-state index contributed by atoms with van der Waals surface area (Å²) >= 11 is 5.86. The average molecular weight is 330 g/mol. The number of benzene rings is 1. The van der Waals surface area contributed by atoms with Gasteiger partial charge in [-0.2, -0.15) is 5.26 Å². The van der Waals surface area contributed by atoms with Crippen LogP contribution in [0.1, 0.15) is 18.1 Å². The van der Waals surface area contributed by atoms with E-state index in [0.29, 0.717) is 22.2 Å². The average Bonchev–Trinajstić information content (AvgIpc) is 2.56. The fourth-order valence-corrected chi connectivity index (χ4v) is 2.18. The number of pyridine rings is 1. The van der Waals surface area contributed by atoms with Gasteiger partial charge in [-0.15, -0.1) is 0 Å². The van der Waals surface area contributed by atoms with Gasteiger partial charge in [0.15, 0.2) is 5.41 Å². The van der Waals surface area contributed by atoms with Gasteiger partial charge in [0.2, 0.25) is 11.8 Å². The van der Waals surface area contributed by atoms with E-state index in [0.717, 1.165) is 5.56 Å². The Balaban J connectivity index is 2.30. The van der Waals surface area contributed by atoms with Gasteiger partial charge in [-0.3, -0.25) is 4.79 Å². The smallest absolute Gasteiger partial charge is 0.249 e. The Kier molecular flexibility index (Phi) is 4.87. The number of aryl methyl sites for hydroxylation is 1. The van der Waals surface area contributed by atoms with Crippen molar-refractivity contribution >= 4 is 23.2 Å². The van der Waals surface area contributed by atoms with Crippen molar-refractivity contribution in [3.8, 4) is 11.9 Å². The zero-order valence-electron chi connectivity index (χ0n) is 13.1. The minimum Gasteiger partial charge on any atom is -0.481 e. The van der Waals surface area contributed by atoms with Crippen LogP contribution in [0.5, 0.6) is 5.88 Å². The molecular weight excluding hydrogens is 314 g/mol. The summed E-state index contributed by atoms with van der Waals surface area (Å²) in [6.07, 6.45) is 1.51. The van der Waals surface area contributed by atoms with E-state index in [1.165, 1.54) is 13.3 Å². The van der Waals surface area contributed by atoms with Gasteiger partial charge < -0.3 is 10.1 Å². The molecule has 1 aromatic heterocycles. The number of hydrogen-bond acceptors (Lipinski definition) is 4. The van der Waals surface area contributed by atoms with Gasteiger partial charge in [0.25, 0.3) is 0 Å². The van der Waals surface area contributed by atoms with E-state index in [-0.39, 0.29) is 0 Å². The number of aromatic nitrogens is 1. The Hall–Kier alpha value is -2.58. The molecule has 0 unspecified atom stereocenters. The van der Waals surface area contributed by atoms with Gasteiger partial charge in [-0.1, -0.05) is 23.7 Å². The molecule has 1 heterocycles. The summed E-state index contributed by atoms with van der Waals surface area (Å²) in [5, 5.41) is 12.8. The Morgan fingerprint density at radius 2 is 2.04 bits per heavy atom. The number of nitrogens with one attached hydrogen (secondary N) is 1. The maximum atomic E-state index is 12.6. The third-order valence-electron chi connectivity index (χ3n) is 3.64. The summed E-state index contributed by atoms with van der Waals surface area (Å²) in [5.74, 6) is 0.0265. The Morgan fingerprint density at radius 1 is 1.39 bits per heavy atom. The van der Waals surface area contributed by atoms with Crippen LogP contribution in [0.3, 0.4) is 0 Å². The molecule has 23 heavy (non-hydrogen) atoms. The van der Waals surface area contributed by atoms with Gasteiger partial charge >= 0.3 is 0 Å². The van der Waals surface area contributed by atoms with Crippen molar-refractivity contribution in [1.29, 1.82) is 5.26 Å². The number of hydrogen-bond donors (Lipinski definition) is 1. The van der Waals surface area contributed by atoms with Crippen LogP contribution in [-0.4, -0.2) is 18.0 Å². The van der Waals surface area contributed by atoms with Crippen LogP contribution < -0.4 is 10.1 Å². The summed E-state index contributed by atoms with van der Waals surface area (Å²) in [6, 6.07) is 10.4. The van der Waals surface area contributed by atoms with Crippen molar-refractivity contribution in [2.75, 3.05) is 12.4 Å². The van der Waals surface area contributed by atoms with Crippen LogP contribution in [0.2, 0.25) is 5.02 Å². The van der Waals surface area contributed by atoms with Crippen molar-refractivity contribution in [2.45, 2.75) is 19.3 Å². The quantitative estimate of drug-likeness (QED) is 0.931. The monoisotopic (exact) mass is 329 g/mol. The number of halogens is 1. The molecule has 0 saturated carbocycles. The lowest BCUT2D eigenvalue weighted by molar-refractivity contribution is -0.119. The number of nitrogens with zero attached hydrogens (tertiary/aromatic N) is 2. The van der Waals surface area contributed by atoms with E-state index in [1.807, 2.05) is 6.92 Å². The van der Waals surface area contributed by atoms with Crippen molar-refractivity contribution in [3.63, 3.8) is 0 Å². The van der Waals surface area contributed by atoms with E-state index in [2.05, 4.69) is 16.4 Å². The van der Waals surface area contributed by atoms with Crippen LogP contribution in [0.15, 0.2) is 36.5 Å². The number of rotatable bonds is 4. The molecule has 1 aromatic carbocycles. The lowest BCUT2D eigenvalue weighted by Crippen LogP contribution is -2.36. The minimum absolute atomic E-state index is 0.433. The maximum absolute atomic E-state index is 12.6. The van der Waals surface area contributed by atoms with Gasteiger partial charge in [0.05, 0.1) is 25.1 Å². The topological polar surface area (TPSA) is 75.0 Å². The minimum atomic E-state index is -1.34. The predicted octanol–water partition coefficient (Wildman–Crippen LogP) is 3.47. The van der Waals surface area contributed by atoms with E-state index < -0.39 is 11.3 Å². The van der Waals surface area contributed by atoms with Crippen LogP contribution in [0.25, 0.3) is 0 Å². The molecule has 6 heteroatoms. The van der Waals surface area contributed by atoms with Crippen LogP contribution >= 0.6 is 11.6 Å². The first kappa shape index (κ1) is 16.8. The molecule has 0 aliphatic carbocycles. The molecular formula is C17H16ClN3O2. The number of ether oxygens (including phenoxy) is 1. The lowest BCUT2D eigenvalue weighted by Gasteiger charge is -2.22. The molecule has 1 amide bonds. The highest BCUT2D eigenvalue weighted by Crippen LogP contribution is 2.27. The standard InChI is InChI=1S/C17H16ClN3O2/c1-11-8-15(23-3)20-9-14(11)21-16(22)17(2,10-19)12-4-6-13(18)7-5-12/h4-9H,1-3H3,(H,21,22)/t17-/m1/s1. The molecule has 0 aliphatic rings. The molecule has 0 saturated heterocycles. The third kappa shape index (κ3) is 3.43. The van der Waals surface area contributed by atoms with E-state index in [9.17, 15) is 10.1 Å². The fourth-order valence-electron chi connectivity index (χ4n) is 2.05. The second-order valence-electron chi connectivity index (χ2n) is 5.24. The summed E-state index contributed by atoms with van der Waals surface area (Å²) in [6.45, 7) is 3.39. The molecule has 2 rings (SSSR count). The highest BCUT2D eigenvalue weighted by molar-refractivity contribution is 6.30. The highest BCUT2D eigenvalue weighted by atomic mass is 35.5. The van der Waals surface area contributed by atoms with Gasteiger partial charge in [-0.05, 0) is 37.1 Å². The van der Waals surface area contributed by atoms with E-state index >= 15 is 0 Å². The van der Waals surface area contributed by atoms with Crippen LogP contribution in [0.4, 0.5) is 5.69 Å². The van der Waals surface area contributed by atoms with Crippen molar-refractivity contribution in [2.24, 2.45) is 0 Å². The normalized spacial score (nSPS) is 12.8. The van der Waals surface area contributed by atoms with Crippen molar-refractivity contribution in [1.82, 2.24) is 4.98 Å². The van der Waals surface area contributed by atoms with Crippen LogP contribution in [0, 0.1) is 18.3 Å². The van der Waals surface area contributed by atoms with Gasteiger partial charge in [0, 0.05) is 11.1 Å². The largest absolute Gasteiger partial charge is 0.481 e. The summed E-state index contributed by atoms with van der Waals surface area (Å²) in [4.78, 5) is 16.7. The highest BCUT2D eigenvalue weighted by Gasteiger charge is 2.35. The zero-order valence-corrected chi connectivity index (χ0v) is 13.8. The van der Waals surface area contributed by atoms with Crippen molar-refractivity contribution < 1.29 is 9.53 Å². The second kappa shape index (κ2) is 6.67. The van der Waals surface area contributed by atoms with Crippen LogP contribution in [-0.2, 0) is 10.2 Å². The number of carbonyl (C=O) groups is 1. The molecule has 0 spiro atoms. The predicted molar refractivity (Wildman–Crippen MR) is 88.6 cm³/mol. The molecule has 2 aromatic rings. The summed E-state index contributed by atoms with van der Waals surface area (Å²) in [7, 11) is 1.52. The Morgan fingerprint density at radius 3 is 2.57 bits per heavy atom. The van der Waals surface area contributed by atoms with Gasteiger partial charge in [0.1, 0.15) is 0 Å². The number of anilines is 1. The molecule has 118 valence electrons. The number of carbonyl (C=O) groups excluding carboxylic acids is 1. The Bertz CT molecular complexity index is 768. The van der Waals surface area contributed by atoms with E-state index in [4.69, 9.17) is 16.3 Å². The number of methoxy groups -OCH3 is 1. The molecule has 0 bridgehead atoms. The third-order valence-corrected chi connectivity index (χ3v) is 3.89. The van der Waals surface area contributed by atoms with Gasteiger partial charge in [-0.25, -0.2) is 4.98 Å².